The fourth-order valence-electron chi connectivity index (χ4n) is 2.07. The second-order valence-corrected chi connectivity index (χ2v) is 4.67. The van der Waals surface area contributed by atoms with Crippen LogP contribution in [0.5, 0.6) is 5.75 Å². The molecule has 1 aliphatic rings. The van der Waals surface area contributed by atoms with Gasteiger partial charge in [-0.05, 0) is 55.5 Å². The predicted octanol–water partition coefficient (Wildman–Crippen LogP) is 3.58. The van der Waals surface area contributed by atoms with Gasteiger partial charge in [0, 0.05) is 5.56 Å². The molecule has 0 atom stereocenters. The first-order valence-electron chi connectivity index (χ1n) is 6.52. The molecule has 2 aromatic rings. The van der Waals surface area contributed by atoms with Gasteiger partial charge in [-0.3, -0.25) is 0 Å². The van der Waals surface area contributed by atoms with Crippen LogP contribution >= 0.6 is 0 Å². The molecule has 0 amide bonds. The first-order valence-corrected chi connectivity index (χ1v) is 6.52. The molecule has 0 fully saturated rings. The van der Waals surface area contributed by atoms with Crippen molar-refractivity contribution in [2.75, 3.05) is 7.11 Å². The molecule has 0 radical (unpaired) electrons. The summed E-state index contributed by atoms with van der Waals surface area (Å²) in [5.74, 6) is 2.33. The van der Waals surface area contributed by atoms with Crippen LogP contribution in [0.4, 0.5) is 0 Å². The number of cyclic esters (lactones) is 1. The molecule has 106 valence electrons. The van der Waals surface area contributed by atoms with E-state index >= 15 is 0 Å². The van der Waals surface area contributed by atoms with Crippen LogP contribution in [0.3, 0.4) is 0 Å². The maximum atomic E-state index is 11.9. The summed E-state index contributed by atoms with van der Waals surface area (Å²) in [6.07, 6.45) is 3.38. The lowest BCUT2D eigenvalue weighted by Gasteiger charge is -2.03. The number of aryl methyl sites for hydroxylation is 1. The third kappa shape index (κ3) is 2.74. The largest absolute Gasteiger partial charge is 0.497 e. The number of carbonyl (C=O) groups excluding carboxylic acids is 1. The lowest BCUT2D eigenvalue weighted by molar-refractivity contribution is -0.130. The van der Waals surface area contributed by atoms with Crippen molar-refractivity contribution < 1.29 is 18.7 Å². The van der Waals surface area contributed by atoms with Gasteiger partial charge in [0.1, 0.15) is 23.0 Å². The predicted molar refractivity (Wildman–Crippen MR) is 78.5 cm³/mol. The third-order valence-corrected chi connectivity index (χ3v) is 3.16. The highest BCUT2D eigenvalue weighted by Gasteiger charge is 2.22. The quantitative estimate of drug-likeness (QED) is 0.637. The van der Waals surface area contributed by atoms with Gasteiger partial charge in [0.15, 0.2) is 0 Å². The molecule has 0 saturated heterocycles. The van der Waals surface area contributed by atoms with Crippen molar-refractivity contribution in [2.45, 2.75) is 6.92 Å². The minimum absolute atomic E-state index is 0.380. The van der Waals surface area contributed by atoms with Crippen LogP contribution in [-0.2, 0) is 9.53 Å². The van der Waals surface area contributed by atoms with Gasteiger partial charge in [-0.2, -0.15) is 0 Å². The van der Waals surface area contributed by atoms with Gasteiger partial charge in [0.25, 0.3) is 0 Å². The Morgan fingerprint density at radius 1 is 1.10 bits per heavy atom. The first kappa shape index (κ1) is 13.2. The average molecular weight is 282 g/mol. The third-order valence-electron chi connectivity index (χ3n) is 3.16. The highest BCUT2D eigenvalue weighted by Crippen LogP contribution is 2.28. The average Bonchev–Trinajstić information content (AvgIpc) is 3.06. The van der Waals surface area contributed by atoms with Crippen LogP contribution in [0.15, 0.2) is 52.5 Å². The molecule has 4 heteroatoms. The molecule has 1 aliphatic heterocycles. The van der Waals surface area contributed by atoms with E-state index in [1.165, 1.54) is 0 Å². The van der Waals surface area contributed by atoms with E-state index in [4.69, 9.17) is 13.9 Å². The van der Waals surface area contributed by atoms with E-state index in [1.54, 1.807) is 19.3 Å². The van der Waals surface area contributed by atoms with Gasteiger partial charge >= 0.3 is 5.97 Å². The van der Waals surface area contributed by atoms with E-state index in [0.717, 1.165) is 17.1 Å². The van der Waals surface area contributed by atoms with Gasteiger partial charge < -0.3 is 13.9 Å². The zero-order valence-corrected chi connectivity index (χ0v) is 11.8. The van der Waals surface area contributed by atoms with Crippen molar-refractivity contribution in [1.82, 2.24) is 0 Å². The zero-order chi connectivity index (χ0) is 14.8. The highest BCUT2D eigenvalue weighted by molar-refractivity contribution is 6.04. The van der Waals surface area contributed by atoms with E-state index < -0.39 is 0 Å². The molecule has 21 heavy (non-hydrogen) atoms. The minimum atomic E-state index is -0.380. The molecule has 0 N–H and O–H groups in total. The number of benzene rings is 1. The summed E-state index contributed by atoms with van der Waals surface area (Å²) in [4.78, 5) is 11.9. The van der Waals surface area contributed by atoms with Crippen molar-refractivity contribution in [3.8, 4) is 5.75 Å². The summed E-state index contributed by atoms with van der Waals surface area (Å²) in [6, 6.07) is 11.0. The Bertz CT molecular complexity index is 732. The summed E-state index contributed by atoms with van der Waals surface area (Å²) in [5, 5.41) is 0. The van der Waals surface area contributed by atoms with Gasteiger partial charge in [0.2, 0.25) is 0 Å². The first-order chi connectivity index (χ1) is 10.2. The molecule has 0 spiro atoms. The second kappa shape index (κ2) is 5.32. The molecule has 0 saturated carbocycles. The Labute approximate surface area is 122 Å². The number of methoxy groups -OCH3 is 1. The van der Waals surface area contributed by atoms with E-state index in [9.17, 15) is 4.79 Å². The molecule has 1 aromatic carbocycles. The summed E-state index contributed by atoms with van der Waals surface area (Å²) in [7, 11) is 1.61. The number of rotatable bonds is 3. The lowest BCUT2D eigenvalue weighted by Crippen LogP contribution is -1.97. The van der Waals surface area contributed by atoms with Crippen LogP contribution < -0.4 is 4.74 Å². The number of carbonyl (C=O) groups is 1. The van der Waals surface area contributed by atoms with Crippen molar-refractivity contribution >= 4 is 17.8 Å². The van der Waals surface area contributed by atoms with Gasteiger partial charge in [0.05, 0.1) is 12.7 Å². The maximum Gasteiger partial charge on any atom is 0.343 e. The fourth-order valence-corrected chi connectivity index (χ4v) is 2.07. The standard InChI is InChI=1S/C17H14O4/c1-11-3-6-15(20-11)9-13-10-16(21-17(13)18)12-4-7-14(19-2)8-5-12/h3-10H,1-2H3/b13-9-. The smallest absolute Gasteiger partial charge is 0.343 e. The Balaban J connectivity index is 1.89. The van der Waals surface area contributed by atoms with Crippen LogP contribution in [0.25, 0.3) is 11.8 Å². The van der Waals surface area contributed by atoms with Crippen molar-refractivity contribution in [1.29, 1.82) is 0 Å². The molecule has 2 heterocycles. The van der Waals surface area contributed by atoms with Gasteiger partial charge in [-0.25, -0.2) is 4.79 Å². The Hall–Kier alpha value is -2.75. The van der Waals surface area contributed by atoms with E-state index in [-0.39, 0.29) is 5.97 Å². The molecule has 0 aliphatic carbocycles. The molecular weight excluding hydrogens is 268 g/mol. The number of esters is 1. The van der Waals surface area contributed by atoms with Crippen LogP contribution in [0, 0.1) is 6.92 Å². The topological polar surface area (TPSA) is 48.7 Å². The number of hydrogen-bond donors (Lipinski definition) is 0. The Morgan fingerprint density at radius 2 is 1.86 bits per heavy atom. The van der Waals surface area contributed by atoms with E-state index in [2.05, 4.69) is 0 Å². The van der Waals surface area contributed by atoms with E-state index in [1.807, 2.05) is 43.3 Å². The summed E-state index contributed by atoms with van der Waals surface area (Å²) in [6.45, 7) is 1.85. The molecule has 0 unspecified atom stereocenters. The van der Waals surface area contributed by atoms with Crippen molar-refractivity contribution in [2.24, 2.45) is 0 Å². The van der Waals surface area contributed by atoms with Crippen LogP contribution in [0.1, 0.15) is 17.1 Å². The monoisotopic (exact) mass is 282 g/mol. The molecule has 3 rings (SSSR count). The van der Waals surface area contributed by atoms with Gasteiger partial charge in [-0.1, -0.05) is 0 Å². The molecule has 0 bridgehead atoms. The minimum Gasteiger partial charge on any atom is -0.497 e. The Kier molecular flexibility index (Phi) is 3.36. The van der Waals surface area contributed by atoms with Crippen molar-refractivity contribution in [3.63, 3.8) is 0 Å². The summed E-state index contributed by atoms with van der Waals surface area (Å²) >= 11 is 0. The number of hydrogen-bond acceptors (Lipinski definition) is 4. The summed E-state index contributed by atoms with van der Waals surface area (Å²) < 4.78 is 15.8. The summed E-state index contributed by atoms with van der Waals surface area (Å²) in [5.41, 5.74) is 1.29. The maximum absolute atomic E-state index is 11.9. The lowest BCUT2D eigenvalue weighted by atomic mass is 10.1. The van der Waals surface area contributed by atoms with Crippen LogP contribution in [-0.4, -0.2) is 13.1 Å². The van der Waals surface area contributed by atoms with Crippen molar-refractivity contribution in [3.05, 3.63) is 65.1 Å². The molecule has 1 aromatic heterocycles. The number of furan rings is 1. The normalized spacial score (nSPS) is 16.0. The number of ether oxygens (including phenoxy) is 2. The molecular formula is C17H14O4. The SMILES string of the molecule is COc1ccc(C2=C/C(=C/c3ccc(C)o3)C(=O)O2)cc1. The fraction of sp³-hybridized carbons (Fsp3) is 0.118. The zero-order valence-electron chi connectivity index (χ0n) is 11.8. The Morgan fingerprint density at radius 3 is 2.48 bits per heavy atom. The van der Waals surface area contributed by atoms with Crippen LogP contribution in [0.2, 0.25) is 0 Å². The second-order valence-electron chi connectivity index (χ2n) is 4.67. The molecule has 4 nitrogen and oxygen atoms in total. The van der Waals surface area contributed by atoms with Gasteiger partial charge in [-0.15, -0.1) is 0 Å². The highest BCUT2D eigenvalue weighted by atomic mass is 16.5. The van der Waals surface area contributed by atoms with E-state index in [0.29, 0.717) is 17.1 Å².